The van der Waals surface area contributed by atoms with Crippen molar-refractivity contribution < 1.29 is 19.0 Å². The summed E-state index contributed by atoms with van der Waals surface area (Å²) in [5, 5.41) is 0. The zero-order valence-electron chi connectivity index (χ0n) is 17.3. The summed E-state index contributed by atoms with van der Waals surface area (Å²) >= 11 is 1.76. The predicted octanol–water partition coefficient (Wildman–Crippen LogP) is 5.90. The second-order valence-corrected chi connectivity index (χ2v) is 7.49. The van der Waals surface area contributed by atoms with Crippen LogP contribution in [0.25, 0.3) is 6.08 Å². The molecule has 0 heterocycles. The van der Waals surface area contributed by atoms with Gasteiger partial charge in [-0.1, -0.05) is 36.4 Å². The molecule has 0 saturated carbocycles. The van der Waals surface area contributed by atoms with Crippen LogP contribution in [0.2, 0.25) is 0 Å². The molecule has 3 rings (SSSR count). The summed E-state index contributed by atoms with van der Waals surface area (Å²) in [4.78, 5) is 13.8. The van der Waals surface area contributed by atoms with Crippen molar-refractivity contribution in [3.63, 3.8) is 0 Å². The summed E-state index contributed by atoms with van der Waals surface area (Å²) in [5.74, 6) is 2.62. The number of thioether (sulfide) groups is 1. The maximum Gasteiger partial charge on any atom is 0.185 e. The highest BCUT2D eigenvalue weighted by Crippen LogP contribution is 2.30. The van der Waals surface area contributed by atoms with E-state index in [1.54, 1.807) is 63.4 Å². The van der Waals surface area contributed by atoms with Crippen LogP contribution in [0.4, 0.5) is 0 Å². The Morgan fingerprint density at radius 2 is 1.57 bits per heavy atom. The van der Waals surface area contributed by atoms with E-state index < -0.39 is 0 Å². The highest BCUT2D eigenvalue weighted by molar-refractivity contribution is 7.98. The number of allylic oxidation sites excluding steroid dienone is 1. The second kappa shape index (κ2) is 10.6. The van der Waals surface area contributed by atoms with E-state index in [4.69, 9.17) is 14.2 Å². The van der Waals surface area contributed by atoms with E-state index in [0.29, 0.717) is 17.1 Å². The lowest BCUT2D eigenvalue weighted by molar-refractivity contribution is 0.104. The third-order valence-corrected chi connectivity index (χ3v) is 5.60. The molecule has 0 atom stereocenters. The third kappa shape index (κ3) is 5.45. The van der Waals surface area contributed by atoms with Crippen molar-refractivity contribution in [3.8, 4) is 17.2 Å². The van der Waals surface area contributed by atoms with E-state index >= 15 is 0 Å². The molecule has 4 nitrogen and oxygen atoms in total. The summed E-state index contributed by atoms with van der Waals surface area (Å²) in [6, 6.07) is 21.3. The van der Waals surface area contributed by atoms with Crippen molar-refractivity contribution in [2.24, 2.45) is 0 Å². The van der Waals surface area contributed by atoms with E-state index in [9.17, 15) is 4.79 Å². The van der Waals surface area contributed by atoms with Crippen LogP contribution < -0.4 is 14.2 Å². The highest BCUT2D eigenvalue weighted by Gasteiger charge is 2.09. The van der Waals surface area contributed by atoms with Gasteiger partial charge in [-0.3, -0.25) is 4.79 Å². The maximum absolute atomic E-state index is 12.5. The van der Waals surface area contributed by atoms with Crippen molar-refractivity contribution in [2.75, 3.05) is 21.3 Å². The topological polar surface area (TPSA) is 44.8 Å². The SMILES string of the molecule is COc1cc(/C=C/C(=O)c2ccc(OC)c(OC)c2)ccc1CSc1ccccc1. The first-order valence-electron chi connectivity index (χ1n) is 9.44. The number of carbonyl (C=O) groups excluding carboxylic acids is 1. The van der Waals surface area contributed by atoms with Crippen LogP contribution in [0.1, 0.15) is 21.5 Å². The van der Waals surface area contributed by atoms with Gasteiger partial charge in [0.05, 0.1) is 21.3 Å². The standard InChI is InChI=1S/C25H24O4S/c1-27-23-14-12-19(16-25(23)29-3)22(26)13-10-18-9-11-20(24(15-18)28-2)17-30-21-7-5-4-6-8-21/h4-16H,17H2,1-3H3/b13-10+. The minimum absolute atomic E-state index is 0.112. The Kier molecular flexibility index (Phi) is 7.57. The number of methoxy groups -OCH3 is 3. The molecular formula is C25H24O4S. The van der Waals surface area contributed by atoms with Crippen molar-refractivity contribution >= 4 is 23.6 Å². The van der Waals surface area contributed by atoms with E-state index in [1.165, 1.54) is 4.90 Å². The molecule has 0 bridgehead atoms. The third-order valence-electron chi connectivity index (χ3n) is 4.54. The molecule has 0 radical (unpaired) electrons. The first kappa shape index (κ1) is 21.5. The molecule has 0 unspecified atom stereocenters. The van der Waals surface area contributed by atoms with Crippen molar-refractivity contribution in [2.45, 2.75) is 10.6 Å². The van der Waals surface area contributed by atoms with Gasteiger partial charge in [0.2, 0.25) is 0 Å². The van der Waals surface area contributed by atoms with Crippen LogP contribution in [0, 0.1) is 0 Å². The lowest BCUT2D eigenvalue weighted by atomic mass is 10.1. The Labute approximate surface area is 181 Å². The Hall–Kier alpha value is -3.18. The Bertz CT molecular complexity index is 1030. The van der Waals surface area contributed by atoms with E-state index in [1.807, 2.05) is 36.4 Å². The van der Waals surface area contributed by atoms with Crippen molar-refractivity contribution in [1.29, 1.82) is 0 Å². The minimum Gasteiger partial charge on any atom is -0.496 e. The van der Waals surface area contributed by atoms with Crippen LogP contribution in [-0.4, -0.2) is 27.1 Å². The van der Waals surface area contributed by atoms with Gasteiger partial charge in [-0.15, -0.1) is 11.8 Å². The number of benzene rings is 3. The maximum atomic E-state index is 12.5. The number of ether oxygens (including phenoxy) is 3. The molecule has 3 aromatic carbocycles. The minimum atomic E-state index is -0.112. The lowest BCUT2D eigenvalue weighted by Crippen LogP contribution is -1.97. The molecular weight excluding hydrogens is 396 g/mol. The molecule has 0 aliphatic heterocycles. The smallest absolute Gasteiger partial charge is 0.185 e. The van der Waals surface area contributed by atoms with Gasteiger partial charge in [0.25, 0.3) is 0 Å². The van der Waals surface area contributed by atoms with Gasteiger partial charge in [-0.25, -0.2) is 0 Å². The van der Waals surface area contributed by atoms with Gasteiger partial charge in [0, 0.05) is 21.8 Å². The van der Waals surface area contributed by atoms with Crippen molar-refractivity contribution in [3.05, 3.63) is 89.5 Å². The van der Waals surface area contributed by atoms with Crippen LogP contribution in [0.5, 0.6) is 17.2 Å². The van der Waals surface area contributed by atoms with Crippen LogP contribution in [0.15, 0.2) is 77.7 Å². The van der Waals surface area contributed by atoms with Crippen LogP contribution in [0.3, 0.4) is 0 Å². The molecule has 0 amide bonds. The zero-order valence-corrected chi connectivity index (χ0v) is 18.1. The van der Waals surface area contributed by atoms with Gasteiger partial charge in [-0.05, 0) is 48.0 Å². The fraction of sp³-hybridized carbons (Fsp3) is 0.160. The largest absolute Gasteiger partial charge is 0.496 e. The van der Waals surface area contributed by atoms with Gasteiger partial charge in [-0.2, -0.15) is 0 Å². The first-order chi connectivity index (χ1) is 14.6. The van der Waals surface area contributed by atoms with E-state index in [-0.39, 0.29) is 5.78 Å². The number of hydrogen-bond donors (Lipinski definition) is 0. The lowest BCUT2D eigenvalue weighted by Gasteiger charge is -2.10. The summed E-state index contributed by atoms with van der Waals surface area (Å²) in [7, 11) is 4.77. The summed E-state index contributed by atoms with van der Waals surface area (Å²) in [6.45, 7) is 0. The molecule has 154 valence electrons. The molecule has 0 fully saturated rings. The van der Waals surface area contributed by atoms with Crippen LogP contribution >= 0.6 is 11.8 Å². The predicted molar refractivity (Wildman–Crippen MR) is 122 cm³/mol. The van der Waals surface area contributed by atoms with Gasteiger partial charge in [0.1, 0.15) is 5.75 Å². The Morgan fingerprint density at radius 3 is 2.27 bits per heavy atom. The van der Waals surface area contributed by atoms with Gasteiger partial charge >= 0.3 is 0 Å². The molecule has 0 aromatic heterocycles. The quantitative estimate of drug-likeness (QED) is 0.245. The van der Waals surface area contributed by atoms with Gasteiger partial charge in [0.15, 0.2) is 17.3 Å². The number of hydrogen-bond acceptors (Lipinski definition) is 5. The average molecular weight is 421 g/mol. The first-order valence-corrected chi connectivity index (χ1v) is 10.4. The highest BCUT2D eigenvalue weighted by atomic mass is 32.2. The number of carbonyl (C=O) groups is 1. The molecule has 0 saturated heterocycles. The molecule has 0 N–H and O–H groups in total. The second-order valence-electron chi connectivity index (χ2n) is 6.44. The molecule has 0 aliphatic rings. The molecule has 0 spiro atoms. The molecule has 5 heteroatoms. The zero-order chi connectivity index (χ0) is 21.3. The molecule has 3 aromatic rings. The molecule has 0 aliphatic carbocycles. The average Bonchev–Trinajstić information content (AvgIpc) is 2.81. The number of rotatable bonds is 9. The Morgan fingerprint density at radius 1 is 0.833 bits per heavy atom. The summed E-state index contributed by atoms with van der Waals surface area (Å²) < 4.78 is 16.0. The molecule has 30 heavy (non-hydrogen) atoms. The summed E-state index contributed by atoms with van der Waals surface area (Å²) in [5.41, 5.74) is 2.54. The van der Waals surface area contributed by atoms with Crippen molar-refractivity contribution in [1.82, 2.24) is 0 Å². The van der Waals surface area contributed by atoms with Crippen LogP contribution in [-0.2, 0) is 5.75 Å². The van der Waals surface area contributed by atoms with Gasteiger partial charge < -0.3 is 14.2 Å². The Balaban J connectivity index is 1.71. The fourth-order valence-electron chi connectivity index (χ4n) is 2.92. The van der Waals surface area contributed by atoms with E-state index in [0.717, 1.165) is 22.6 Å². The summed E-state index contributed by atoms with van der Waals surface area (Å²) in [6.07, 6.45) is 3.34. The fourth-order valence-corrected chi connectivity index (χ4v) is 3.83. The number of ketones is 1. The normalized spacial score (nSPS) is 10.8. The van der Waals surface area contributed by atoms with E-state index in [2.05, 4.69) is 12.1 Å². The monoisotopic (exact) mass is 420 g/mol.